The minimum Gasteiger partial charge on any atom is -0.497 e. The number of ether oxygens (including phenoxy) is 1. The molecular formula is C27H26N4OS. The van der Waals surface area contributed by atoms with Crippen molar-refractivity contribution >= 4 is 23.0 Å². The molecule has 4 aromatic rings. The average molecular weight is 455 g/mol. The lowest BCUT2D eigenvalue weighted by Crippen LogP contribution is -2.30. The Hall–Kier alpha value is -3.64. The van der Waals surface area contributed by atoms with Crippen molar-refractivity contribution in [2.75, 3.05) is 12.0 Å². The Morgan fingerprint density at radius 3 is 2.39 bits per heavy atom. The summed E-state index contributed by atoms with van der Waals surface area (Å²) in [5.74, 6) is 0.813. The number of hydrogen-bond acceptors (Lipinski definition) is 3. The van der Waals surface area contributed by atoms with E-state index in [0.29, 0.717) is 5.11 Å². The van der Waals surface area contributed by atoms with E-state index < -0.39 is 0 Å². The molecule has 5 nitrogen and oxygen atoms in total. The van der Waals surface area contributed by atoms with Gasteiger partial charge in [-0.25, -0.2) is 0 Å². The van der Waals surface area contributed by atoms with E-state index in [1.165, 1.54) is 11.1 Å². The second-order valence-corrected chi connectivity index (χ2v) is 8.65. The van der Waals surface area contributed by atoms with Crippen LogP contribution in [0.15, 0.2) is 85.2 Å². The Morgan fingerprint density at radius 1 is 0.909 bits per heavy atom. The fourth-order valence-electron chi connectivity index (χ4n) is 4.42. The van der Waals surface area contributed by atoms with Gasteiger partial charge in [-0.05, 0) is 97.9 Å². The van der Waals surface area contributed by atoms with E-state index in [0.717, 1.165) is 28.5 Å². The molecular weight excluding hydrogens is 428 g/mol. The first kappa shape index (κ1) is 21.2. The topological polar surface area (TPSA) is 42.3 Å². The molecule has 2 aromatic heterocycles. The minimum absolute atomic E-state index is 0.0857. The third-order valence-electron chi connectivity index (χ3n) is 6.30. The summed E-state index contributed by atoms with van der Waals surface area (Å²) < 4.78 is 7.61. The number of thiocarbonyl (C=S) groups is 1. The van der Waals surface area contributed by atoms with Gasteiger partial charge in [0.1, 0.15) is 11.8 Å². The molecule has 33 heavy (non-hydrogen) atoms. The van der Waals surface area contributed by atoms with Gasteiger partial charge in [-0.3, -0.25) is 4.98 Å². The third-order valence-corrected chi connectivity index (χ3v) is 6.62. The van der Waals surface area contributed by atoms with Crippen molar-refractivity contribution in [2.45, 2.75) is 25.9 Å². The zero-order valence-electron chi connectivity index (χ0n) is 18.9. The van der Waals surface area contributed by atoms with E-state index in [2.05, 4.69) is 70.1 Å². The number of aromatic nitrogens is 2. The van der Waals surface area contributed by atoms with Crippen molar-refractivity contribution in [3.8, 4) is 11.4 Å². The van der Waals surface area contributed by atoms with Crippen molar-refractivity contribution in [3.05, 3.63) is 108 Å². The number of nitrogens with zero attached hydrogens (tertiary/aromatic N) is 3. The van der Waals surface area contributed by atoms with Gasteiger partial charge in [0.05, 0.1) is 18.8 Å². The van der Waals surface area contributed by atoms with Crippen LogP contribution in [0, 0.1) is 13.8 Å². The molecule has 2 atom stereocenters. The minimum atomic E-state index is -0.0963. The van der Waals surface area contributed by atoms with E-state index in [9.17, 15) is 0 Å². The number of rotatable bonds is 5. The monoisotopic (exact) mass is 454 g/mol. The highest BCUT2D eigenvalue weighted by Gasteiger charge is 2.42. The molecule has 6 heteroatoms. The molecule has 1 aliphatic heterocycles. The lowest BCUT2D eigenvalue weighted by molar-refractivity contribution is 0.415. The summed E-state index contributed by atoms with van der Waals surface area (Å²) in [7, 11) is 1.67. The summed E-state index contributed by atoms with van der Waals surface area (Å²) in [5.41, 5.74) is 6.77. The van der Waals surface area contributed by atoms with Crippen molar-refractivity contribution in [2.24, 2.45) is 0 Å². The van der Waals surface area contributed by atoms with Crippen LogP contribution < -0.4 is 15.0 Å². The number of nitrogens with one attached hydrogen (secondary N) is 1. The Morgan fingerprint density at radius 2 is 1.70 bits per heavy atom. The Labute approximate surface area is 199 Å². The molecule has 166 valence electrons. The van der Waals surface area contributed by atoms with Crippen LogP contribution in [0.4, 0.5) is 5.69 Å². The fourth-order valence-corrected chi connectivity index (χ4v) is 4.77. The van der Waals surface area contributed by atoms with Gasteiger partial charge in [0.2, 0.25) is 0 Å². The van der Waals surface area contributed by atoms with Crippen LogP contribution in [0.2, 0.25) is 0 Å². The van der Waals surface area contributed by atoms with E-state index in [4.69, 9.17) is 17.0 Å². The lowest BCUT2D eigenvalue weighted by atomic mass is 10.0. The third kappa shape index (κ3) is 3.87. The summed E-state index contributed by atoms with van der Waals surface area (Å²) >= 11 is 5.86. The summed E-state index contributed by atoms with van der Waals surface area (Å²) in [6.07, 6.45) is 3.94. The maximum absolute atomic E-state index is 5.86. The van der Waals surface area contributed by atoms with E-state index in [1.54, 1.807) is 7.11 Å². The molecule has 0 bridgehead atoms. The van der Waals surface area contributed by atoms with Gasteiger partial charge in [0.25, 0.3) is 0 Å². The van der Waals surface area contributed by atoms with E-state index >= 15 is 0 Å². The van der Waals surface area contributed by atoms with Gasteiger partial charge in [-0.15, -0.1) is 0 Å². The highest BCUT2D eigenvalue weighted by atomic mass is 32.1. The second-order valence-electron chi connectivity index (χ2n) is 8.27. The molecule has 1 fully saturated rings. The van der Waals surface area contributed by atoms with Crippen molar-refractivity contribution in [3.63, 3.8) is 0 Å². The van der Waals surface area contributed by atoms with Crippen LogP contribution in [0.1, 0.15) is 34.6 Å². The highest BCUT2D eigenvalue weighted by molar-refractivity contribution is 7.80. The molecule has 1 aliphatic rings. The van der Waals surface area contributed by atoms with E-state index in [-0.39, 0.29) is 12.1 Å². The van der Waals surface area contributed by atoms with Crippen LogP contribution in [0.3, 0.4) is 0 Å². The Bertz CT molecular complexity index is 1280. The van der Waals surface area contributed by atoms with Crippen LogP contribution in [0.5, 0.6) is 5.75 Å². The maximum Gasteiger partial charge on any atom is 0.174 e. The zero-order chi connectivity index (χ0) is 22.9. The van der Waals surface area contributed by atoms with E-state index in [1.807, 2.05) is 48.7 Å². The van der Waals surface area contributed by atoms with Crippen LogP contribution in [-0.4, -0.2) is 21.8 Å². The first-order valence-electron chi connectivity index (χ1n) is 11.0. The number of aryl methyl sites for hydroxylation is 2. The summed E-state index contributed by atoms with van der Waals surface area (Å²) in [5, 5.41) is 4.21. The number of anilines is 1. The molecule has 0 spiro atoms. The van der Waals surface area contributed by atoms with Crippen molar-refractivity contribution < 1.29 is 4.74 Å². The van der Waals surface area contributed by atoms with Gasteiger partial charge < -0.3 is 19.5 Å². The highest BCUT2D eigenvalue weighted by Crippen LogP contribution is 2.42. The second kappa shape index (κ2) is 8.71. The van der Waals surface area contributed by atoms with Gasteiger partial charge in [-0.1, -0.05) is 12.1 Å². The quantitative estimate of drug-likeness (QED) is 0.393. The standard InChI is InChI=1S/C27H26N4OS/c1-18-9-10-21(17-19(18)2)30-16-6-8-24(30)26-25(23-7-4-5-15-28-23)29-27(33)31(26)20-11-13-22(32-3)14-12-20/h4-17,25-26H,1-3H3,(H,29,33)/t25-,26-/m0/s1. The molecule has 3 heterocycles. The van der Waals surface area contributed by atoms with Crippen molar-refractivity contribution in [1.82, 2.24) is 14.9 Å². The van der Waals surface area contributed by atoms with Gasteiger partial charge in [0.15, 0.2) is 5.11 Å². The summed E-state index contributed by atoms with van der Waals surface area (Å²) in [6, 6.07) is 24.7. The number of benzene rings is 2. The molecule has 0 aliphatic carbocycles. The lowest BCUT2D eigenvalue weighted by Gasteiger charge is -2.29. The first-order chi connectivity index (χ1) is 16.1. The predicted octanol–water partition coefficient (Wildman–Crippen LogP) is 5.67. The predicted molar refractivity (Wildman–Crippen MR) is 136 cm³/mol. The molecule has 1 saturated heterocycles. The smallest absolute Gasteiger partial charge is 0.174 e. The number of hydrogen-bond donors (Lipinski definition) is 1. The summed E-state index contributed by atoms with van der Waals surface area (Å²) in [6.45, 7) is 4.28. The first-order valence-corrected chi connectivity index (χ1v) is 11.4. The van der Waals surface area contributed by atoms with Crippen LogP contribution >= 0.6 is 12.2 Å². The SMILES string of the molecule is COc1ccc(N2C(=S)N[C@@H](c3ccccn3)[C@@H]2c2cccn2-c2ccc(C)c(C)c2)cc1. The summed E-state index contributed by atoms with van der Waals surface area (Å²) in [4.78, 5) is 6.84. The molecule has 0 amide bonds. The Kier molecular flexibility index (Phi) is 5.60. The fraction of sp³-hybridized carbons (Fsp3) is 0.185. The molecule has 0 radical (unpaired) electrons. The van der Waals surface area contributed by atoms with Gasteiger partial charge >= 0.3 is 0 Å². The van der Waals surface area contributed by atoms with Crippen LogP contribution in [-0.2, 0) is 0 Å². The molecule has 0 saturated carbocycles. The van der Waals surface area contributed by atoms with Crippen LogP contribution in [0.25, 0.3) is 5.69 Å². The van der Waals surface area contributed by atoms with Gasteiger partial charge in [-0.2, -0.15) is 0 Å². The van der Waals surface area contributed by atoms with Crippen molar-refractivity contribution in [1.29, 1.82) is 0 Å². The average Bonchev–Trinajstić information content (AvgIpc) is 3.46. The number of pyridine rings is 1. The molecule has 1 N–H and O–H groups in total. The molecule has 2 aromatic carbocycles. The Balaban J connectivity index is 1.65. The normalized spacial score (nSPS) is 17.8. The maximum atomic E-state index is 5.86. The van der Waals surface area contributed by atoms with Gasteiger partial charge in [0, 0.05) is 29.5 Å². The molecule has 5 rings (SSSR count). The largest absolute Gasteiger partial charge is 0.497 e. The molecule has 0 unspecified atom stereocenters. The number of methoxy groups -OCH3 is 1. The zero-order valence-corrected chi connectivity index (χ0v) is 19.7.